The van der Waals surface area contributed by atoms with Gasteiger partial charge in [-0.25, -0.2) is 9.48 Å². The highest BCUT2D eigenvalue weighted by atomic mass is 16.5. The monoisotopic (exact) mass is 263 g/mol. The Morgan fingerprint density at radius 1 is 1.53 bits per heavy atom. The van der Waals surface area contributed by atoms with E-state index >= 15 is 0 Å². The lowest BCUT2D eigenvalue weighted by molar-refractivity contribution is 0.0689. The van der Waals surface area contributed by atoms with Crippen LogP contribution in [0.1, 0.15) is 53.6 Å². The highest BCUT2D eigenvalue weighted by Crippen LogP contribution is 2.38. The van der Waals surface area contributed by atoms with Crippen molar-refractivity contribution in [3.63, 3.8) is 0 Å². The van der Waals surface area contributed by atoms with Crippen molar-refractivity contribution in [2.75, 3.05) is 0 Å². The molecule has 0 amide bonds. The SMILES string of the molecule is CCc1c(C(=O)O)nnn1Cc1nc(C2CC2)no1. The van der Waals surface area contributed by atoms with Crippen molar-refractivity contribution in [3.8, 4) is 0 Å². The summed E-state index contributed by atoms with van der Waals surface area (Å²) < 4.78 is 6.64. The summed E-state index contributed by atoms with van der Waals surface area (Å²) in [5, 5.41) is 20.4. The predicted octanol–water partition coefficient (Wildman–Crippen LogP) is 0.847. The molecule has 1 saturated carbocycles. The van der Waals surface area contributed by atoms with E-state index in [4.69, 9.17) is 9.63 Å². The van der Waals surface area contributed by atoms with Gasteiger partial charge in [-0.15, -0.1) is 5.10 Å². The van der Waals surface area contributed by atoms with Crippen LogP contribution in [-0.2, 0) is 13.0 Å². The lowest BCUT2D eigenvalue weighted by Gasteiger charge is -2.00. The van der Waals surface area contributed by atoms with Crippen LogP contribution in [0.2, 0.25) is 0 Å². The maximum absolute atomic E-state index is 11.0. The first-order valence-corrected chi connectivity index (χ1v) is 6.17. The van der Waals surface area contributed by atoms with Crippen LogP contribution in [0, 0.1) is 0 Å². The molecule has 0 atom stereocenters. The standard InChI is InChI=1S/C11H13N5O3/c1-2-7-9(11(17)18)13-15-16(7)5-8-12-10(14-19-8)6-3-4-6/h6H,2-5H2,1H3,(H,17,18). The van der Waals surface area contributed by atoms with Gasteiger partial charge in [-0.2, -0.15) is 4.98 Å². The number of carboxylic acid groups (broad SMARTS) is 1. The smallest absolute Gasteiger partial charge is 0.358 e. The third-order valence-electron chi connectivity index (χ3n) is 3.09. The van der Waals surface area contributed by atoms with Crippen LogP contribution in [0.25, 0.3) is 0 Å². The van der Waals surface area contributed by atoms with Gasteiger partial charge in [-0.1, -0.05) is 17.3 Å². The van der Waals surface area contributed by atoms with Gasteiger partial charge in [0.05, 0.1) is 5.69 Å². The minimum Gasteiger partial charge on any atom is -0.476 e. The normalized spacial score (nSPS) is 14.8. The predicted molar refractivity (Wildman–Crippen MR) is 61.7 cm³/mol. The minimum atomic E-state index is -1.08. The molecule has 2 aromatic rings. The summed E-state index contributed by atoms with van der Waals surface area (Å²) in [4.78, 5) is 15.3. The van der Waals surface area contributed by atoms with E-state index in [1.54, 1.807) is 0 Å². The zero-order chi connectivity index (χ0) is 13.4. The van der Waals surface area contributed by atoms with Gasteiger partial charge < -0.3 is 9.63 Å². The Bertz CT molecular complexity index is 614. The second kappa shape index (κ2) is 4.45. The third-order valence-corrected chi connectivity index (χ3v) is 3.09. The highest BCUT2D eigenvalue weighted by Gasteiger charge is 2.29. The molecule has 0 aromatic carbocycles. The molecule has 19 heavy (non-hydrogen) atoms. The molecule has 1 fully saturated rings. The number of nitrogens with zero attached hydrogens (tertiary/aromatic N) is 5. The number of rotatable bonds is 5. The molecule has 0 saturated heterocycles. The Morgan fingerprint density at radius 3 is 2.95 bits per heavy atom. The molecule has 0 spiro atoms. The molecule has 1 aliphatic carbocycles. The summed E-state index contributed by atoms with van der Waals surface area (Å²) in [5.74, 6) is 0.505. The van der Waals surface area contributed by atoms with E-state index < -0.39 is 5.97 Å². The fourth-order valence-corrected chi connectivity index (χ4v) is 1.94. The van der Waals surface area contributed by atoms with Crippen molar-refractivity contribution in [1.82, 2.24) is 25.1 Å². The lowest BCUT2D eigenvalue weighted by Crippen LogP contribution is -2.08. The van der Waals surface area contributed by atoms with Gasteiger partial charge in [0.1, 0.15) is 6.54 Å². The van der Waals surface area contributed by atoms with E-state index in [9.17, 15) is 4.79 Å². The van der Waals surface area contributed by atoms with Gasteiger partial charge in [0.15, 0.2) is 11.5 Å². The number of carboxylic acids is 1. The van der Waals surface area contributed by atoms with Gasteiger partial charge in [-0.05, 0) is 19.3 Å². The fraction of sp³-hybridized carbons (Fsp3) is 0.545. The van der Waals surface area contributed by atoms with Crippen LogP contribution in [0.5, 0.6) is 0 Å². The highest BCUT2D eigenvalue weighted by molar-refractivity contribution is 5.86. The van der Waals surface area contributed by atoms with Gasteiger partial charge in [0.2, 0.25) is 5.89 Å². The van der Waals surface area contributed by atoms with Crippen LogP contribution in [0.3, 0.4) is 0 Å². The topological polar surface area (TPSA) is 107 Å². The summed E-state index contributed by atoms with van der Waals surface area (Å²) >= 11 is 0. The van der Waals surface area contributed by atoms with Crippen molar-refractivity contribution in [2.45, 2.75) is 38.6 Å². The van der Waals surface area contributed by atoms with Gasteiger partial charge in [0, 0.05) is 5.92 Å². The molecule has 0 bridgehead atoms. The molecule has 0 radical (unpaired) electrons. The van der Waals surface area contributed by atoms with Crippen LogP contribution in [-0.4, -0.2) is 36.2 Å². The second-order valence-corrected chi connectivity index (χ2v) is 4.52. The number of aromatic carboxylic acids is 1. The van der Waals surface area contributed by atoms with Gasteiger partial charge >= 0.3 is 5.97 Å². The number of aromatic nitrogens is 5. The Labute approximate surface area is 108 Å². The van der Waals surface area contributed by atoms with Crippen LogP contribution in [0.4, 0.5) is 0 Å². The molecule has 100 valence electrons. The molecule has 1 aliphatic rings. The maximum atomic E-state index is 11.0. The van der Waals surface area contributed by atoms with E-state index in [-0.39, 0.29) is 12.2 Å². The van der Waals surface area contributed by atoms with Crippen molar-refractivity contribution >= 4 is 5.97 Å². The Morgan fingerprint density at radius 2 is 2.32 bits per heavy atom. The molecular formula is C11H13N5O3. The lowest BCUT2D eigenvalue weighted by atomic mass is 10.2. The molecular weight excluding hydrogens is 250 g/mol. The van der Waals surface area contributed by atoms with Crippen LogP contribution < -0.4 is 0 Å². The molecule has 8 nitrogen and oxygen atoms in total. The zero-order valence-corrected chi connectivity index (χ0v) is 10.4. The summed E-state index contributed by atoms with van der Waals surface area (Å²) in [5.41, 5.74) is 0.531. The van der Waals surface area contributed by atoms with E-state index in [0.717, 1.165) is 18.7 Å². The average molecular weight is 263 g/mol. The van der Waals surface area contributed by atoms with Crippen LogP contribution in [0.15, 0.2) is 4.52 Å². The zero-order valence-electron chi connectivity index (χ0n) is 10.4. The summed E-state index contributed by atoms with van der Waals surface area (Å²) in [7, 11) is 0. The quantitative estimate of drug-likeness (QED) is 0.851. The number of hydrogen-bond acceptors (Lipinski definition) is 6. The number of hydrogen-bond donors (Lipinski definition) is 1. The molecule has 8 heteroatoms. The average Bonchev–Trinajstić information content (AvgIpc) is 2.99. The number of carbonyl (C=O) groups is 1. The first-order valence-electron chi connectivity index (χ1n) is 6.17. The first-order chi connectivity index (χ1) is 9.19. The molecule has 2 heterocycles. The van der Waals surface area contributed by atoms with Gasteiger partial charge in [0.25, 0.3) is 0 Å². The van der Waals surface area contributed by atoms with Crippen molar-refractivity contribution in [1.29, 1.82) is 0 Å². The molecule has 0 unspecified atom stereocenters. The van der Waals surface area contributed by atoms with Crippen LogP contribution >= 0.6 is 0 Å². The summed E-state index contributed by atoms with van der Waals surface area (Å²) in [6.07, 6.45) is 2.73. The van der Waals surface area contributed by atoms with E-state index in [1.807, 2.05) is 6.92 Å². The second-order valence-electron chi connectivity index (χ2n) is 4.52. The Balaban J connectivity index is 1.83. The van der Waals surface area contributed by atoms with Gasteiger partial charge in [-0.3, -0.25) is 0 Å². The largest absolute Gasteiger partial charge is 0.476 e. The third kappa shape index (κ3) is 2.20. The van der Waals surface area contributed by atoms with Crippen molar-refractivity contribution < 1.29 is 14.4 Å². The van der Waals surface area contributed by atoms with Crippen molar-refractivity contribution in [3.05, 3.63) is 23.1 Å². The molecule has 3 rings (SSSR count). The molecule has 1 N–H and O–H groups in total. The minimum absolute atomic E-state index is 0.0237. The summed E-state index contributed by atoms with van der Waals surface area (Å²) in [6.45, 7) is 2.11. The Kier molecular flexibility index (Phi) is 2.77. The van der Waals surface area contributed by atoms with E-state index in [0.29, 0.717) is 23.9 Å². The van der Waals surface area contributed by atoms with Crippen molar-refractivity contribution in [2.24, 2.45) is 0 Å². The Hall–Kier alpha value is -2.25. The first kappa shape index (κ1) is 11.8. The molecule has 0 aliphatic heterocycles. The fourth-order valence-electron chi connectivity index (χ4n) is 1.94. The molecule has 2 aromatic heterocycles. The summed E-state index contributed by atoms with van der Waals surface area (Å²) in [6, 6.07) is 0. The van der Waals surface area contributed by atoms with E-state index in [1.165, 1.54) is 4.68 Å². The maximum Gasteiger partial charge on any atom is 0.358 e. The van der Waals surface area contributed by atoms with E-state index in [2.05, 4.69) is 20.5 Å².